The van der Waals surface area contributed by atoms with Gasteiger partial charge >= 0.3 is 0 Å². The molecule has 0 saturated carbocycles. The van der Waals surface area contributed by atoms with Crippen molar-refractivity contribution in [3.8, 4) is 0 Å². The third kappa shape index (κ3) is 9.42. The molecule has 182 valence electrons. The summed E-state index contributed by atoms with van der Waals surface area (Å²) in [6, 6.07) is 14.3. The first kappa shape index (κ1) is 26.7. The average Bonchev–Trinajstić information content (AvgIpc) is 3.16. The fourth-order valence-corrected chi connectivity index (χ4v) is 3.74. The number of rotatable bonds is 12. The molecule has 2 aromatic rings. The van der Waals surface area contributed by atoms with E-state index in [1.165, 1.54) is 5.56 Å². The van der Waals surface area contributed by atoms with Crippen LogP contribution in [0.1, 0.15) is 52.3 Å². The fourth-order valence-electron chi connectivity index (χ4n) is 3.74. The van der Waals surface area contributed by atoms with E-state index in [1.807, 2.05) is 57.3 Å². The number of nitrogens with zero attached hydrogens (tertiary/aromatic N) is 3. The molecular weight excluding hydrogens is 414 g/mol. The first-order valence-electron chi connectivity index (χ1n) is 11.8. The predicted octanol–water partition coefficient (Wildman–Crippen LogP) is 4.43. The lowest BCUT2D eigenvalue weighted by Gasteiger charge is -2.30. The molecule has 0 aliphatic rings. The quantitative estimate of drug-likeness (QED) is 0.476. The molecule has 6 heteroatoms. The van der Waals surface area contributed by atoms with Crippen LogP contribution in [0.15, 0.2) is 48.7 Å². The maximum atomic E-state index is 13.4. The first-order valence-corrected chi connectivity index (χ1v) is 11.8. The summed E-state index contributed by atoms with van der Waals surface area (Å²) in [4.78, 5) is 29.9. The highest BCUT2D eigenvalue weighted by atomic mass is 16.5. The number of carbonyl (C=O) groups excluding carboxylic acids is 2. The van der Waals surface area contributed by atoms with Gasteiger partial charge < -0.3 is 19.1 Å². The third-order valence-corrected chi connectivity index (χ3v) is 5.34. The Balaban J connectivity index is 2.15. The number of hydrogen-bond donors (Lipinski definition) is 0. The lowest BCUT2D eigenvalue weighted by molar-refractivity contribution is -0.142. The van der Waals surface area contributed by atoms with Gasteiger partial charge in [0.15, 0.2) is 0 Å². The number of benzene rings is 1. The Morgan fingerprint density at radius 2 is 1.70 bits per heavy atom. The average molecular weight is 456 g/mol. The van der Waals surface area contributed by atoms with Gasteiger partial charge in [0.25, 0.3) is 0 Å². The zero-order valence-electron chi connectivity index (χ0n) is 21.2. The Hall–Kier alpha value is -2.60. The van der Waals surface area contributed by atoms with Crippen LogP contribution in [-0.4, -0.2) is 59.5 Å². The normalized spacial score (nSPS) is 11.6. The maximum Gasteiger partial charge on any atom is 0.242 e. The highest BCUT2D eigenvalue weighted by Gasteiger charge is 2.26. The molecule has 33 heavy (non-hydrogen) atoms. The fraction of sp³-hybridized carbons (Fsp3) is 0.556. The molecule has 2 rings (SSSR count). The highest BCUT2D eigenvalue weighted by molar-refractivity contribution is 5.85. The lowest BCUT2D eigenvalue weighted by Crippen LogP contribution is -2.45. The van der Waals surface area contributed by atoms with Crippen LogP contribution in [0.4, 0.5) is 0 Å². The summed E-state index contributed by atoms with van der Waals surface area (Å²) in [6.07, 6.45) is 2.46. The van der Waals surface area contributed by atoms with Crippen LogP contribution < -0.4 is 0 Å². The molecule has 0 saturated heterocycles. The predicted molar refractivity (Wildman–Crippen MR) is 133 cm³/mol. The van der Waals surface area contributed by atoms with Crippen LogP contribution in [0.2, 0.25) is 0 Å². The topological polar surface area (TPSA) is 54.8 Å². The molecule has 0 bridgehead atoms. The van der Waals surface area contributed by atoms with Crippen molar-refractivity contribution in [3.63, 3.8) is 0 Å². The van der Waals surface area contributed by atoms with E-state index in [1.54, 1.807) is 16.9 Å². The van der Waals surface area contributed by atoms with Crippen molar-refractivity contribution in [2.24, 2.45) is 11.3 Å². The number of hydrogen-bond acceptors (Lipinski definition) is 3. The minimum atomic E-state index is -0.122. The Kier molecular flexibility index (Phi) is 10.2. The molecule has 0 N–H and O–H groups in total. The molecule has 1 aromatic carbocycles. The first-order chi connectivity index (χ1) is 15.6. The van der Waals surface area contributed by atoms with Crippen LogP contribution in [0, 0.1) is 11.3 Å². The molecule has 2 amide bonds. The Bertz CT molecular complexity index is 868. The van der Waals surface area contributed by atoms with Gasteiger partial charge in [0.2, 0.25) is 11.8 Å². The summed E-state index contributed by atoms with van der Waals surface area (Å²) in [7, 11) is 1.64. The Labute approximate surface area is 199 Å². The van der Waals surface area contributed by atoms with Gasteiger partial charge in [0.1, 0.15) is 0 Å². The van der Waals surface area contributed by atoms with Crippen molar-refractivity contribution in [2.75, 3.05) is 33.4 Å². The summed E-state index contributed by atoms with van der Waals surface area (Å²) < 4.78 is 7.43. The minimum Gasteiger partial charge on any atom is -0.383 e. The zero-order chi connectivity index (χ0) is 24.4. The molecule has 0 radical (unpaired) electrons. The molecule has 0 unspecified atom stereocenters. The van der Waals surface area contributed by atoms with Gasteiger partial charge in [-0.3, -0.25) is 9.59 Å². The second kappa shape index (κ2) is 12.6. The Morgan fingerprint density at radius 1 is 1.00 bits per heavy atom. The number of carbonyl (C=O) groups is 2. The van der Waals surface area contributed by atoms with Gasteiger partial charge in [0.05, 0.1) is 19.7 Å². The molecule has 0 atom stereocenters. The van der Waals surface area contributed by atoms with E-state index in [2.05, 4.69) is 30.5 Å². The monoisotopic (exact) mass is 455 g/mol. The third-order valence-electron chi connectivity index (χ3n) is 5.34. The van der Waals surface area contributed by atoms with Gasteiger partial charge in [-0.15, -0.1) is 0 Å². The van der Waals surface area contributed by atoms with Crippen LogP contribution in [0.25, 0.3) is 0 Å². The highest BCUT2D eigenvalue weighted by Crippen LogP contribution is 2.20. The maximum absolute atomic E-state index is 13.4. The summed E-state index contributed by atoms with van der Waals surface area (Å²) in [6.45, 7) is 13.1. The number of methoxy groups -OCH3 is 1. The Morgan fingerprint density at radius 3 is 2.30 bits per heavy atom. The molecule has 0 aliphatic carbocycles. The molecule has 0 aliphatic heterocycles. The second-order valence-corrected chi connectivity index (χ2v) is 10.3. The summed E-state index contributed by atoms with van der Waals surface area (Å²) >= 11 is 0. The summed E-state index contributed by atoms with van der Waals surface area (Å²) in [5, 5.41) is 0. The van der Waals surface area contributed by atoms with Crippen molar-refractivity contribution in [3.05, 3.63) is 59.9 Å². The van der Waals surface area contributed by atoms with Crippen molar-refractivity contribution in [1.29, 1.82) is 0 Å². The van der Waals surface area contributed by atoms with E-state index in [-0.39, 0.29) is 29.7 Å². The van der Waals surface area contributed by atoms with E-state index < -0.39 is 0 Å². The smallest absolute Gasteiger partial charge is 0.242 e. The number of aromatic nitrogens is 1. The molecule has 6 nitrogen and oxygen atoms in total. The van der Waals surface area contributed by atoms with Gasteiger partial charge in [-0.1, -0.05) is 65.0 Å². The van der Waals surface area contributed by atoms with Crippen LogP contribution in [0.3, 0.4) is 0 Å². The van der Waals surface area contributed by atoms with Crippen molar-refractivity contribution in [1.82, 2.24) is 14.4 Å². The molecule has 1 heterocycles. The van der Waals surface area contributed by atoms with Gasteiger partial charge in [-0.05, 0) is 29.0 Å². The van der Waals surface area contributed by atoms with E-state index >= 15 is 0 Å². The van der Waals surface area contributed by atoms with Gasteiger partial charge in [0, 0.05) is 45.1 Å². The molecular formula is C27H41N3O3. The van der Waals surface area contributed by atoms with Crippen LogP contribution in [0.5, 0.6) is 0 Å². The van der Waals surface area contributed by atoms with Crippen LogP contribution in [-0.2, 0) is 27.4 Å². The van der Waals surface area contributed by atoms with Gasteiger partial charge in [-0.2, -0.15) is 0 Å². The number of ether oxygens (including phenoxy) is 1. The van der Waals surface area contributed by atoms with E-state index in [0.717, 1.165) is 12.2 Å². The van der Waals surface area contributed by atoms with Gasteiger partial charge in [-0.25, -0.2) is 0 Å². The summed E-state index contributed by atoms with van der Waals surface area (Å²) in [5.41, 5.74) is 2.14. The standard InChI is InChI=1S/C27H41N3O3/c1-22(2)18-30(25(31)17-27(3,4)5)21-26(32)29(15-16-33-6)20-24-13-10-14-28(24)19-23-11-8-7-9-12-23/h7-14,22H,15-21H2,1-6H3. The molecule has 1 aromatic heterocycles. The van der Waals surface area contributed by atoms with Crippen molar-refractivity contribution < 1.29 is 14.3 Å². The SMILES string of the molecule is COCCN(Cc1cccn1Cc1ccccc1)C(=O)CN(CC(C)C)C(=O)CC(C)(C)C. The number of amides is 2. The van der Waals surface area contributed by atoms with E-state index in [0.29, 0.717) is 32.7 Å². The largest absolute Gasteiger partial charge is 0.383 e. The lowest BCUT2D eigenvalue weighted by atomic mass is 9.91. The van der Waals surface area contributed by atoms with E-state index in [4.69, 9.17) is 4.74 Å². The molecule has 0 fully saturated rings. The van der Waals surface area contributed by atoms with Crippen molar-refractivity contribution in [2.45, 2.75) is 54.1 Å². The summed E-state index contributed by atoms with van der Waals surface area (Å²) in [5.74, 6) is 0.267. The second-order valence-electron chi connectivity index (χ2n) is 10.3. The minimum absolute atomic E-state index is 0.0312. The molecule has 0 spiro atoms. The van der Waals surface area contributed by atoms with Crippen LogP contribution >= 0.6 is 0 Å². The van der Waals surface area contributed by atoms with Crippen molar-refractivity contribution >= 4 is 11.8 Å². The van der Waals surface area contributed by atoms with E-state index in [9.17, 15) is 9.59 Å². The zero-order valence-corrected chi connectivity index (χ0v) is 21.2.